The Hall–Kier alpha value is -3.15. The average molecular weight is 327 g/mol. The van der Waals surface area contributed by atoms with Crippen molar-refractivity contribution in [3.05, 3.63) is 58.9 Å². The van der Waals surface area contributed by atoms with Crippen molar-refractivity contribution < 1.29 is 14.3 Å². The molecule has 0 aliphatic carbocycles. The van der Waals surface area contributed by atoms with Crippen LogP contribution in [0.25, 0.3) is 17.2 Å². The van der Waals surface area contributed by atoms with Gasteiger partial charge in [0, 0.05) is 5.57 Å². The quantitative estimate of drug-likeness (QED) is 0.396. The van der Waals surface area contributed by atoms with Gasteiger partial charge in [-0.2, -0.15) is 0 Å². The average Bonchev–Trinajstić information content (AvgIpc) is 2.51. The van der Waals surface area contributed by atoms with E-state index in [2.05, 4.69) is 5.32 Å². The second kappa shape index (κ2) is 6.95. The number of aryl methyl sites for hydroxylation is 1. The molecule has 5 N–H and O–H groups in total. The Morgan fingerprint density at radius 3 is 2.62 bits per heavy atom. The minimum absolute atomic E-state index is 0.356. The first-order chi connectivity index (χ1) is 11.3. The van der Waals surface area contributed by atoms with E-state index in [4.69, 9.17) is 11.1 Å². The third-order valence-corrected chi connectivity index (χ3v) is 3.45. The van der Waals surface area contributed by atoms with Crippen LogP contribution in [-0.4, -0.2) is 17.0 Å². The van der Waals surface area contributed by atoms with Crippen molar-refractivity contribution in [2.75, 3.05) is 0 Å². The molecule has 0 spiro atoms. The normalized spacial score (nSPS) is 11.2. The van der Waals surface area contributed by atoms with Gasteiger partial charge in [-0.25, -0.2) is 4.39 Å². The van der Waals surface area contributed by atoms with E-state index in [1.165, 1.54) is 12.1 Å². The van der Waals surface area contributed by atoms with E-state index in [0.717, 1.165) is 11.1 Å². The minimum Gasteiger partial charge on any atom is -0.505 e. The number of hydrogen-bond donors (Lipinski definition) is 4. The predicted molar refractivity (Wildman–Crippen MR) is 91.9 cm³/mol. The van der Waals surface area contributed by atoms with Crippen molar-refractivity contribution in [2.24, 2.45) is 5.73 Å². The van der Waals surface area contributed by atoms with Crippen LogP contribution in [0.5, 0.6) is 5.75 Å². The molecule has 0 aliphatic rings. The molecule has 0 atom stereocenters. The van der Waals surface area contributed by atoms with Crippen LogP contribution in [0.4, 0.5) is 4.39 Å². The van der Waals surface area contributed by atoms with E-state index in [9.17, 15) is 14.3 Å². The molecule has 2 aromatic rings. The van der Waals surface area contributed by atoms with Crippen LogP contribution in [0.3, 0.4) is 0 Å². The van der Waals surface area contributed by atoms with Crippen molar-refractivity contribution in [2.45, 2.75) is 13.8 Å². The maximum absolute atomic E-state index is 13.7. The molecule has 0 saturated heterocycles. The Morgan fingerprint density at radius 2 is 2.00 bits per heavy atom. The van der Waals surface area contributed by atoms with Crippen molar-refractivity contribution in [1.82, 2.24) is 5.32 Å². The van der Waals surface area contributed by atoms with Gasteiger partial charge >= 0.3 is 0 Å². The van der Waals surface area contributed by atoms with E-state index in [1.54, 1.807) is 19.1 Å². The second-order valence-electron chi connectivity index (χ2n) is 5.45. The van der Waals surface area contributed by atoms with Gasteiger partial charge < -0.3 is 10.8 Å². The second-order valence-corrected chi connectivity index (χ2v) is 5.45. The molecular formula is C18H18FN3O2. The number of aromatic hydroxyl groups is 1. The maximum atomic E-state index is 13.7. The molecule has 5 nitrogen and oxygen atoms in total. The molecule has 6 heteroatoms. The molecule has 2 aromatic carbocycles. The number of nitrogens with two attached hydrogens (primary N) is 1. The Kier molecular flexibility index (Phi) is 4.99. The number of phenolic OH excluding ortho intramolecular Hbond substituents is 1. The number of benzene rings is 2. The summed E-state index contributed by atoms with van der Waals surface area (Å²) in [5.41, 5.74) is 8.50. The van der Waals surface area contributed by atoms with E-state index < -0.39 is 23.4 Å². The van der Waals surface area contributed by atoms with Crippen molar-refractivity contribution in [3.63, 3.8) is 0 Å². The van der Waals surface area contributed by atoms with Crippen molar-refractivity contribution in [3.8, 4) is 16.9 Å². The summed E-state index contributed by atoms with van der Waals surface area (Å²) in [5, 5.41) is 18.7. The first-order valence-electron chi connectivity index (χ1n) is 7.21. The summed E-state index contributed by atoms with van der Waals surface area (Å²) in [7, 11) is 0. The standard InChI is InChI=1S/C18H18FN3O2/c1-10-3-4-12(8-11(2)17(24)22-18(20)21)14(7-10)13-5-6-16(23)15(19)9-13/h3-9,23H,1-2H3,(H4,20,21,22,24)/b11-8+. The number of amides is 1. The van der Waals surface area contributed by atoms with Gasteiger partial charge in [0.15, 0.2) is 17.5 Å². The van der Waals surface area contributed by atoms with Crippen LogP contribution < -0.4 is 11.1 Å². The lowest BCUT2D eigenvalue weighted by molar-refractivity contribution is -0.116. The SMILES string of the molecule is C/C(=C\c1ccc(C)cc1-c1ccc(O)c(F)c1)C(=O)NC(=N)N. The number of hydrogen-bond acceptors (Lipinski definition) is 3. The summed E-state index contributed by atoms with van der Waals surface area (Å²) in [4.78, 5) is 11.9. The maximum Gasteiger partial charge on any atom is 0.253 e. The number of guanidine groups is 1. The highest BCUT2D eigenvalue weighted by atomic mass is 19.1. The minimum atomic E-state index is -0.713. The fraction of sp³-hybridized carbons (Fsp3) is 0.111. The van der Waals surface area contributed by atoms with E-state index in [1.807, 2.05) is 25.1 Å². The monoisotopic (exact) mass is 327 g/mol. The van der Waals surface area contributed by atoms with Gasteiger partial charge in [-0.05, 0) is 48.7 Å². The summed E-state index contributed by atoms with van der Waals surface area (Å²) < 4.78 is 13.7. The van der Waals surface area contributed by atoms with Gasteiger partial charge in [-0.1, -0.05) is 29.8 Å². The van der Waals surface area contributed by atoms with Gasteiger partial charge in [0.1, 0.15) is 0 Å². The lowest BCUT2D eigenvalue weighted by Crippen LogP contribution is -2.36. The zero-order valence-electron chi connectivity index (χ0n) is 13.4. The Balaban J connectivity index is 2.50. The van der Waals surface area contributed by atoms with Crippen molar-refractivity contribution in [1.29, 1.82) is 5.41 Å². The molecule has 0 radical (unpaired) electrons. The molecular weight excluding hydrogens is 309 g/mol. The number of phenols is 1. The highest BCUT2D eigenvalue weighted by molar-refractivity contribution is 6.06. The summed E-state index contributed by atoms with van der Waals surface area (Å²) in [5.74, 6) is -2.04. The third kappa shape index (κ3) is 3.98. The first kappa shape index (κ1) is 17.2. The number of nitrogens with one attached hydrogen (secondary N) is 2. The highest BCUT2D eigenvalue weighted by Gasteiger charge is 2.10. The molecule has 0 fully saturated rings. The van der Waals surface area contributed by atoms with Crippen LogP contribution in [-0.2, 0) is 4.79 Å². The van der Waals surface area contributed by atoms with Crippen LogP contribution in [0, 0.1) is 18.2 Å². The molecule has 24 heavy (non-hydrogen) atoms. The van der Waals surface area contributed by atoms with Crippen LogP contribution in [0.15, 0.2) is 42.0 Å². The topological polar surface area (TPSA) is 99.2 Å². The Morgan fingerprint density at radius 1 is 1.29 bits per heavy atom. The van der Waals surface area contributed by atoms with Gasteiger partial charge in [0.25, 0.3) is 5.91 Å². The Bertz CT molecular complexity index is 844. The zero-order chi connectivity index (χ0) is 17.9. The predicted octanol–water partition coefficient (Wildman–Crippen LogP) is 2.92. The number of rotatable bonds is 3. The molecule has 1 amide bonds. The van der Waals surface area contributed by atoms with Crippen LogP contribution in [0.2, 0.25) is 0 Å². The van der Waals surface area contributed by atoms with Gasteiger partial charge in [0.05, 0.1) is 0 Å². The molecule has 0 unspecified atom stereocenters. The highest BCUT2D eigenvalue weighted by Crippen LogP contribution is 2.29. The smallest absolute Gasteiger partial charge is 0.253 e. The molecule has 124 valence electrons. The largest absolute Gasteiger partial charge is 0.505 e. The van der Waals surface area contributed by atoms with Crippen LogP contribution in [0.1, 0.15) is 18.1 Å². The first-order valence-corrected chi connectivity index (χ1v) is 7.21. The van der Waals surface area contributed by atoms with E-state index >= 15 is 0 Å². The lowest BCUT2D eigenvalue weighted by Gasteiger charge is -2.10. The van der Waals surface area contributed by atoms with E-state index in [-0.39, 0.29) is 0 Å². The van der Waals surface area contributed by atoms with Gasteiger partial charge in [-0.15, -0.1) is 0 Å². The zero-order valence-corrected chi connectivity index (χ0v) is 13.4. The fourth-order valence-electron chi connectivity index (χ4n) is 2.24. The molecule has 0 bridgehead atoms. The summed E-state index contributed by atoms with van der Waals surface area (Å²) >= 11 is 0. The van der Waals surface area contributed by atoms with E-state index in [0.29, 0.717) is 16.7 Å². The molecule has 0 aromatic heterocycles. The van der Waals surface area contributed by atoms with Crippen LogP contribution >= 0.6 is 0 Å². The summed E-state index contributed by atoms with van der Waals surface area (Å²) in [6.07, 6.45) is 1.64. The van der Waals surface area contributed by atoms with Gasteiger partial charge in [0.2, 0.25) is 0 Å². The number of carbonyl (C=O) groups excluding carboxylic acids is 1. The fourth-order valence-corrected chi connectivity index (χ4v) is 2.24. The molecule has 0 heterocycles. The van der Waals surface area contributed by atoms with Crippen molar-refractivity contribution >= 4 is 17.9 Å². The summed E-state index contributed by atoms with van der Waals surface area (Å²) in [6, 6.07) is 9.70. The lowest BCUT2D eigenvalue weighted by atomic mass is 9.96. The Labute approximate surface area is 139 Å². The third-order valence-electron chi connectivity index (χ3n) is 3.45. The molecule has 2 rings (SSSR count). The molecule has 0 saturated carbocycles. The number of carbonyl (C=O) groups is 1. The number of halogens is 1. The summed E-state index contributed by atoms with van der Waals surface area (Å²) in [6.45, 7) is 3.50. The van der Waals surface area contributed by atoms with Gasteiger partial charge in [-0.3, -0.25) is 15.5 Å². The molecule has 0 aliphatic heterocycles.